The molecule has 2 amide bonds. The average Bonchev–Trinajstić information content (AvgIpc) is 3.31. The van der Waals surface area contributed by atoms with Crippen LogP contribution >= 0.6 is 0 Å². The number of carbonyl (C=O) groups excluding carboxylic acids is 2. The predicted octanol–water partition coefficient (Wildman–Crippen LogP) is 4.11. The number of nitrogens with zero attached hydrogens (tertiary/aromatic N) is 3. The predicted molar refractivity (Wildman–Crippen MR) is 137 cm³/mol. The Labute approximate surface area is 208 Å². The van der Waals surface area contributed by atoms with Gasteiger partial charge in [0.05, 0.1) is 6.04 Å². The summed E-state index contributed by atoms with van der Waals surface area (Å²) in [6, 6.07) is 17.0. The van der Waals surface area contributed by atoms with Gasteiger partial charge < -0.3 is 14.8 Å². The Morgan fingerprint density at radius 2 is 1.77 bits per heavy atom. The minimum Gasteiger partial charge on any atom is -0.343 e. The largest absolute Gasteiger partial charge is 0.343 e. The van der Waals surface area contributed by atoms with E-state index in [1.54, 1.807) is 4.90 Å². The van der Waals surface area contributed by atoms with E-state index in [1.165, 1.54) is 22.3 Å². The monoisotopic (exact) mass is 472 g/mol. The van der Waals surface area contributed by atoms with Crippen LogP contribution in [0.15, 0.2) is 60.9 Å². The van der Waals surface area contributed by atoms with Crippen LogP contribution in [0.2, 0.25) is 0 Å². The molecule has 2 saturated heterocycles. The van der Waals surface area contributed by atoms with Crippen LogP contribution in [0.5, 0.6) is 0 Å². The summed E-state index contributed by atoms with van der Waals surface area (Å²) in [5.41, 5.74) is 8.59. The summed E-state index contributed by atoms with van der Waals surface area (Å²) >= 11 is 0. The summed E-state index contributed by atoms with van der Waals surface area (Å²) in [5.74, 6) is 0.865. The number of aryl methyl sites for hydroxylation is 2. The molecule has 2 fully saturated rings. The lowest BCUT2D eigenvalue weighted by Gasteiger charge is -2.34. The summed E-state index contributed by atoms with van der Waals surface area (Å²) in [6.07, 6.45) is 8.04. The van der Waals surface area contributed by atoms with Gasteiger partial charge in [0, 0.05) is 38.5 Å². The van der Waals surface area contributed by atoms with Crippen molar-refractivity contribution in [2.24, 2.45) is 5.92 Å². The number of likely N-dealkylation sites (tertiary alicyclic amines) is 1. The first kappa shape index (κ1) is 23.6. The zero-order valence-electron chi connectivity index (χ0n) is 20.8. The van der Waals surface area contributed by atoms with Gasteiger partial charge in [0.2, 0.25) is 5.91 Å². The highest BCUT2D eigenvalue weighted by Crippen LogP contribution is 2.31. The molecule has 0 bridgehead atoms. The van der Waals surface area contributed by atoms with Crippen LogP contribution < -0.4 is 5.43 Å². The first-order valence-corrected chi connectivity index (χ1v) is 12.9. The molecule has 3 aliphatic heterocycles. The topological polar surface area (TPSA) is 55.9 Å². The van der Waals surface area contributed by atoms with Crippen LogP contribution in [0.4, 0.5) is 0 Å². The zero-order chi connectivity index (χ0) is 24.4. The third-order valence-electron chi connectivity index (χ3n) is 7.91. The Morgan fingerprint density at radius 3 is 2.51 bits per heavy atom. The van der Waals surface area contributed by atoms with Crippen molar-refractivity contribution in [2.75, 3.05) is 19.6 Å². The maximum atomic E-state index is 13.2. The summed E-state index contributed by atoms with van der Waals surface area (Å²) in [7, 11) is 0. The molecule has 6 nitrogen and oxygen atoms in total. The minimum absolute atomic E-state index is 0.0701. The zero-order valence-corrected chi connectivity index (χ0v) is 20.8. The smallest absolute Gasteiger partial charge is 0.250 e. The molecule has 0 spiro atoms. The third-order valence-corrected chi connectivity index (χ3v) is 7.91. The number of rotatable bonds is 6. The second-order valence-electron chi connectivity index (χ2n) is 10.3. The Bertz CT molecular complexity index is 1090. The van der Waals surface area contributed by atoms with Crippen molar-refractivity contribution in [3.63, 3.8) is 0 Å². The van der Waals surface area contributed by atoms with Crippen LogP contribution in [-0.4, -0.2) is 52.3 Å². The molecule has 6 heteroatoms. The third kappa shape index (κ3) is 5.27. The number of benzene rings is 2. The van der Waals surface area contributed by atoms with Crippen molar-refractivity contribution in [3.8, 4) is 0 Å². The molecule has 184 valence electrons. The maximum Gasteiger partial charge on any atom is 0.250 e. The van der Waals surface area contributed by atoms with E-state index in [2.05, 4.69) is 67.8 Å². The number of carbonyl (C=O) groups is 2. The normalized spacial score (nSPS) is 22.6. The molecule has 2 unspecified atom stereocenters. The van der Waals surface area contributed by atoms with Crippen molar-refractivity contribution in [1.29, 1.82) is 0 Å². The number of hydrogen-bond donors (Lipinski definition) is 1. The van der Waals surface area contributed by atoms with Crippen LogP contribution in [0.1, 0.15) is 54.0 Å². The minimum atomic E-state index is -0.226. The first-order valence-electron chi connectivity index (χ1n) is 12.9. The SMILES string of the molecule is Cc1ccc(C2CC3C(=O)N(CCC(=O)N4CCC(Cc5ccccc5)CC4)C=CN3N2)cc1C. The molecule has 0 aromatic heterocycles. The quantitative estimate of drug-likeness (QED) is 0.688. The molecule has 0 aliphatic carbocycles. The Kier molecular flexibility index (Phi) is 6.91. The molecular weight excluding hydrogens is 436 g/mol. The fraction of sp³-hybridized carbons (Fsp3) is 0.448. The number of fused-ring (bicyclic) bond motifs is 1. The summed E-state index contributed by atoms with van der Waals surface area (Å²) in [4.78, 5) is 29.8. The van der Waals surface area contributed by atoms with E-state index >= 15 is 0 Å². The van der Waals surface area contributed by atoms with E-state index in [1.807, 2.05) is 22.3 Å². The molecule has 0 radical (unpaired) electrons. The van der Waals surface area contributed by atoms with Crippen LogP contribution in [0.3, 0.4) is 0 Å². The number of hydrazine groups is 1. The van der Waals surface area contributed by atoms with Gasteiger partial charge in [0.25, 0.3) is 5.91 Å². The van der Waals surface area contributed by atoms with E-state index in [4.69, 9.17) is 0 Å². The standard InChI is InChI=1S/C29H36N4O2/c1-21-8-9-25(18-22(21)2)26-20-27-29(35)32(16-17-33(27)30-26)15-12-28(34)31-13-10-24(11-14-31)19-23-6-4-3-5-7-23/h3-9,16-18,24,26-27,30H,10-15,19-20H2,1-2H3. The summed E-state index contributed by atoms with van der Waals surface area (Å²) in [6.45, 7) is 6.31. The van der Waals surface area contributed by atoms with Gasteiger partial charge in [-0.3, -0.25) is 9.59 Å². The Morgan fingerprint density at radius 1 is 1.00 bits per heavy atom. The van der Waals surface area contributed by atoms with E-state index in [9.17, 15) is 9.59 Å². The van der Waals surface area contributed by atoms with Crippen LogP contribution in [0.25, 0.3) is 0 Å². The van der Waals surface area contributed by atoms with Gasteiger partial charge >= 0.3 is 0 Å². The van der Waals surface area contributed by atoms with Gasteiger partial charge in [-0.05, 0) is 67.7 Å². The first-order chi connectivity index (χ1) is 17.0. The van der Waals surface area contributed by atoms with Crippen LogP contribution in [-0.2, 0) is 16.0 Å². The van der Waals surface area contributed by atoms with Gasteiger partial charge in [-0.2, -0.15) is 0 Å². The number of nitrogens with one attached hydrogen (secondary N) is 1. The summed E-state index contributed by atoms with van der Waals surface area (Å²) < 4.78 is 0. The van der Waals surface area contributed by atoms with Crippen molar-refractivity contribution in [3.05, 3.63) is 83.2 Å². The molecule has 3 heterocycles. The summed E-state index contributed by atoms with van der Waals surface area (Å²) in [5, 5.41) is 1.93. The van der Waals surface area contributed by atoms with Gasteiger partial charge in [-0.25, -0.2) is 5.43 Å². The maximum absolute atomic E-state index is 13.2. The van der Waals surface area contributed by atoms with Crippen molar-refractivity contribution >= 4 is 11.8 Å². The fourth-order valence-corrected chi connectivity index (χ4v) is 5.53. The van der Waals surface area contributed by atoms with Crippen molar-refractivity contribution < 1.29 is 9.59 Å². The molecule has 2 atom stereocenters. The molecule has 1 N–H and O–H groups in total. The number of hydrogen-bond acceptors (Lipinski definition) is 4. The van der Waals surface area contributed by atoms with Crippen molar-refractivity contribution in [2.45, 2.75) is 58.0 Å². The fourth-order valence-electron chi connectivity index (χ4n) is 5.53. The molecule has 2 aromatic carbocycles. The Hall–Kier alpha value is -3.12. The van der Waals surface area contributed by atoms with Gasteiger partial charge in [0.1, 0.15) is 6.04 Å². The molecule has 0 saturated carbocycles. The van der Waals surface area contributed by atoms with Crippen LogP contribution in [0, 0.1) is 19.8 Å². The van der Waals surface area contributed by atoms with E-state index in [-0.39, 0.29) is 23.9 Å². The van der Waals surface area contributed by atoms with E-state index < -0.39 is 0 Å². The van der Waals surface area contributed by atoms with Gasteiger partial charge in [0.15, 0.2) is 0 Å². The average molecular weight is 473 g/mol. The van der Waals surface area contributed by atoms with E-state index in [0.717, 1.165) is 38.8 Å². The highest BCUT2D eigenvalue weighted by Gasteiger charge is 2.40. The lowest BCUT2D eigenvalue weighted by molar-refractivity contribution is -0.136. The second-order valence-corrected chi connectivity index (χ2v) is 10.3. The molecular formula is C29H36N4O2. The molecule has 35 heavy (non-hydrogen) atoms. The van der Waals surface area contributed by atoms with E-state index in [0.29, 0.717) is 18.9 Å². The molecule has 5 rings (SSSR count). The highest BCUT2D eigenvalue weighted by atomic mass is 16.2. The van der Waals surface area contributed by atoms with Gasteiger partial charge in [-0.15, -0.1) is 0 Å². The molecule has 2 aromatic rings. The Balaban J connectivity index is 1.10. The number of amides is 2. The second kappa shape index (κ2) is 10.2. The number of piperidine rings is 1. The van der Waals surface area contributed by atoms with Gasteiger partial charge in [-0.1, -0.05) is 48.5 Å². The molecule has 3 aliphatic rings. The lowest BCUT2D eigenvalue weighted by atomic mass is 9.90. The highest BCUT2D eigenvalue weighted by molar-refractivity contribution is 5.85. The van der Waals surface area contributed by atoms with Crippen molar-refractivity contribution in [1.82, 2.24) is 20.2 Å². The lowest BCUT2D eigenvalue weighted by Crippen LogP contribution is -2.49.